The van der Waals surface area contributed by atoms with Gasteiger partial charge >= 0.3 is 0 Å². The molecule has 0 radical (unpaired) electrons. The zero-order valence-corrected chi connectivity index (χ0v) is 9.29. The van der Waals surface area contributed by atoms with Crippen molar-refractivity contribution in [1.82, 2.24) is 9.97 Å². The maximum Gasteiger partial charge on any atom is 0.243 e. The molecule has 0 bridgehead atoms. The summed E-state index contributed by atoms with van der Waals surface area (Å²) < 4.78 is 10.3. The Balaban J connectivity index is 2.56. The van der Waals surface area contributed by atoms with E-state index in [9.17, 15) is 0 Å². The Kier molecular flexibility index (Phi) is 4.92. The Morgan fingerprint density at radius 3 is 2.80 bits per heavy atom. The summed E-state index contributed by atoms with van der Waals surface area (Å²) in [5, 5.41) is 0. The fourth-order valence-corrected chi connectivity index (χ4v) is 1.11. The molecular formula is C9H13N3O2S. The number of aromatic nitrogens is 2. The lowest BCUT2D eigenvalue weighted by molar-refractivity contribution is 0.170. The molecule has 0 fully saturated rings. The molecule has 0 saturated heterocycles. The third-order valence-corrected chi connectivity index (χ3v) is 1.82. The number of rotatable bonds is 6. The molecule has 1 rings (SSSR count). The molecule has 15 heavy (non-hydrogen) atoms. The molecule has 1 aromatic rings. The predicted octanol–water partition coefficient (Wildman–Crippen LogP) is 0.526. The van der Waals surface area contributed by atoms with Crippen LogP contribution in [0.15, 0.2) is 12.4 Å². The van der Waals surface area contributed by atoms with Gasteiger partial charge in [0.25, 0.3) is 0 Å². The molecule has 0 atom stereocenters. The van der Waals surface area contributed by atoms with Crippen LogP contribution in [0.2, 0.25) is 0 Å². The molecule has 0 unspecified atom stereocenters. The topological polar surface area (TPSA) is 70.3 Å². The highest BCUT2D eigenvalue weighted by Gasteiger charge is 2.08. The zero-order chi connectivity index (χ0) is 11.1. The van der Waals surface area contributed by atoms with Gasteiger partial charge in [0.05, 0.1) is 6.61 Å². The lowest BCUT2D eigenvalue weighted by atomic mass is 10.4. The van der Waals surface area contributed by atoms with Gasteiger partial charge < -0.3 is 15.2 Å². The lowest BCUT2D eigenvalue weighted by Gasteiger charge is -2.07. The van der Waals surface area contributed by atoms with E-state index >= 15 is 0 Å². The minimum absolute atomic E-state index is 0.185. The van der Waals surface area contributed by atoms with Gasteiger partial charge in [-0.05, 0) is 0 Å². The average molecular weight is 227 g/mol. The number of ether oxygens (including phenoxy) is 2. The van der Waals surface area contributed by atoms with Gasteiger partial charge in [-0.25, -0.2) is 9.97 Å². The highest BCUT2D eigenvalue weighted by molar-refractivity contribution is 7.80. The zero-order valence-electron chi connectivity index (χ0n) is 8.47. The molecule has 0 aliphatic heterocycles. The lowest BCUT2D eigenvalue weighted by Crippen LogP contribution is -2.15. The van der Waals surface area contributed by atoms with Crippen molar-refractivity contribution in [2.45, 2.75) is 6.42 Å². The number of hydrogen-bond acceptors (Lipinski definition) is 5. The Labute approximate surface area is 93.6 Å². The van der Waals surface area contributed by atoms with Crippen molar-refractivity contribution < 1.29 is 9.47 Å². The Morgan fingerprint density at radius 1 is 1.40 bits per heavy atom. The van der Waals surface area contributed by atoms with Crippen molar-refractivity contribution in [3.8, 4) is 5.88 Å². The molecule has 2 N–H and O–H groups in total. The minimum Gasteiger partial charge on any atom is -0.476 e. The summed E-state index contributed by atoms with van der Waals surface area (Å²) in [7, 11) is 1.64. The summed E-state index contributed by atoms with van der Waals surface area (Å²) in [5.41, 5.74) is 5.89. The van der Waals surface area contributed by atoms with Crippen LogP contribution in [0.5, 0.6) is 5.88 Å². The van der Waals surface area contributed by atoms with Gasteiger partial charge in [-0.3, -0.25) is 0 Å². The second-order valence-corrected chi connectivity index (χ2v) is 3.21. The molecule has 0 aromatic carbocycles. The Bertz CT molecular complexity index is 333. The van der Waals surface area contributed by atoms with E-state index in [4.69, 9.17) is 27.4 Å². The van der Waals surface area contributed by atoms with Crippen molar-refractivity contribution in [3.05, 3.63) is 18.1 Å². The van der Waals surface area contributed by atoms with Crippen LogP contribution in [-0.4, -0.2) is 35.3 Å². The van der Waals surface area contributed by atoms with E-state index in [1.807, 2.05) is 0 Å². The maximum atomic E-state index is 5.47. The first-order valence-corrected chi connectivity index (χ1v) is 4.89. The summed E-state index contributed by atoms with van der Waals surface area (Å²) in [6.45, 7) is 1.14. The van der Waals surface area contributed by atoms with E-state index in [-0.39, 0.29) is 4.99 Å². The van der Waals surface area contributed by atoms with Crippen molar-refractivity contribution in [3.63, 3.8) is 0 Å². The first-order chi connectivity index (χ1) is 7.25. The smallest absolute Gasteiger partial charge is 0.243 e. The van der Waals surface area contributed by atoms with E-state index in [1.54, 1.807) is 7.11 Å². The van der Waals surface area contributed by atoms with E-state index < -0.39 is 0 Å². The molecule has 1 heterocycles. The van der Waals surface area contributed by atoms with Gasteiger partial charge in [-0.1, -0.05) is 12.2 Å². The number of methoxy groups -OCH3 is 1. The van der Waals surface area contributed by atoms with Gasteiger partial charge in [0.1, 0.15) is 4.99 Å². The molecule has 1 aromatic heterocycles. The van der Waals surface area contributed by atoms with Gasteiger partial charge in [-0.15, -0.1) is 0 Å². The largest absolute Gasteiger partial charge is 0.476 e. The van der Waals surface area contributed by atoms with Crippen molar-refractivity contribution in [1.29, 1.82) is 0 Å². The summed E-state index contributed by atoms with van der Waals surface area (Å²) in [5.74, 6) is 0.376. The van der Waals surface area contributed by atoms with Gasteiger partial charge in [-0.2, -0.15) is 0 Å². The highest BCUT2D eigenvalue weighted by atomic mass is 32.1. The fourth-order valence-electron chi connectivity index (χ4n) is 0.972. The van der Waals surface area contributed by atoms with E-state index in [0.717, 1.165) is 6.42 Å². The number of thiocarbonyl (C=S) groups is 1. The standard InChI is InChI=1S/C9H13N3O2S/c1-13-5-2-6-14-9-7(8(10)15)11-3-4-12-9/h3-4H,2,5-6H2,1H3,(H2,10,15). The quantitative estimate of drug-likeness (QED) is 0.564. The van der Waals surface area contributed by atoms with Crippen molar-refractivity contribution in [2.75, 3.05) is 20.3 Å². The summed E-state index contributed by atoms with van der Waals surface area (Å²) in [6.07, 6.45) is 3.84. The molecule has 0 amide bonds. The molecule has 0 aliphatic carbocycles. The predicted molar refractivity (Wildman–Crippen MR) is 59.9 cm³/mol. The van der Waals surface area contributed by atoms with Crippen LogP contribution in [0.25, 0.3) is 0 Å². The van der Waals surface area contributed by atoms with Crippen LogP contribution >= 0.6 is 12.2 Å². The molecule has 0 aliphatic rings. The molecule has 0 spiro atoms. The van der Waals surface area contributed by atoms with Crippen molar-refractivity contribution in [2.24, 2.45) is 5.73 Å². The number of nitrogens with zero attached hydrogens (tertiary/aromatic N) is 2. The molecule has 6 heteroatoms. The fraction of sp³-hybridized carbons (Fsp3) is 0.444. The molecular weight excluding hydrogens is 214 g/mol. The first-order valence-electron chi connectivity index (χ1n) is 4.48. The van der Waals surface area contributed by atoms with Crippen LogP contribution in [0.3, 0.4) is 0 Å². The van der Waals surface area contributed by atoms with E-state index in [2.05, 4.69) is 9.97 Å². The van der Waals surface area contributed by atoms with Gasteiger partial charge in [0.2, 0.25) is 5.88 Å². The van der Waals surface area contributed by atoms with E-state index in [0.29, 0.717) is 24.8 Å². The van der Waals surface area contributed by atoms with Crippen LogP contribution < -0.4 is 10.5 Å². The number of hydrogen-bond donors (Lipinski definition) is 1. The first kappa shape index (κ1) is 11.8. The third-order valence-electron chi connectivity index (χ3n) is 1.63. The van der Waals surface area contributed by atoms with Gasteiger partial charge in [0.15, 0.2) is 5.69 Å². The van der Waals surface area contributed by atoms with Crippen molar-refractivity contribution >= 4 is 17.2 Å². The summed E-state index contributed by atoms with van der Waals surface area (Å²) >= 11 is 4.82. The third kappa shape index (κ3) is 3.77. The summed E-state index contributed by atoms with van der Waals surface area (Å²) in [4.78, 5) is 8.18. The van der Waals surface area contributed by atoms with E-state index in [1.165, 1.54) is 12.4 Å². The molecule has 82 valence electrons. The second kappa shape index (κ2) is 6.26. The maximum absolute atomic E-state index is 5.47. The number of nitrogens with two attached hydrogens (primary N) is 1. The van der Waals surface area contributed by atoms with Crippen LogP contribution in [-0.2, 0) is 4.74 Å². The van der Waals surface area contributed by atoms with Crippen LogP contribution in [0.1, 0.15) is 12.1 Å². The minimum atomic E-state index is 0.185. The molecule has 0 saturated carbocycles. The SMILES string of the molecule is COCCCOc1nccnc1C(N)=S. The second-order valence-electron chi connectivity index (χ2n) is 2.77. The normalized spacial score (nSPS) is 9.93. The van der Waals surface area contributed by atoms with Crippen LogP contribution in [0, 0.1) is 0 Å². The van der Waals surface area contributed by atoms with Crippen LogP contribution in [0.4, 0.5) is 0 Å². The highest BCUT2D eigenvalue weighted by Crippen LogP contribution is 2.10. The molecule has 5 nitrogen and oxygen atoms in total. The average Bonchev–Trinajstić information content (AvgIpc) is 2.25. The monoisotopic (exact) mass is 227 g/mol. The Morgan fingerprint density at radius 2 is 2.13 bits per heavy atom. The Hall–Kier alpha value is -1.27. The summed E-state index contributed by atoms with van der Waals surface area (Å²) in [6, 6.07) is 0. The van der Waals surface area contributed by atoms with Gasteiger partial charge in [0, 0.05) is 32.5 Å².